The van der Waals surface area contributed by atoms with Crippen molar-refractivity contribution in [1.29, 1.82) is 0 Å². The predicted molar refractivity (Wildman–Crippen MR) is 109 cm³/mol. The van der Waals surface area contributed by atoms with Crippen molar-refractivity contribution in [2.45, 2.75) is 32.5 Å². The van der Waals surface area contributed by atoms with E-state index in [9.17, 15) is 4.79 Å². The lowest BCUT2D eigenvalue weighted by molar-refractivity contribution is -0.127. The average Bonchev–Trinajstić information content (AvgIpc) is 3.07. The first-order valence-electron chi connectivity index (χ1n) is 9.09. The van der Waals surface area contributed by atoms with E-state index < -0.39 is 0 Å². The molecule has 26 heavy (non-hydrogen) atoms. The van der Waals surface area contributed by atoms with Gasteiger partial charge in [-0.3, -0.25) is 14.6 Å². The molecule has 1 aromatic carbocycles. The smallest absolute Gasteiger partial charge is 0.237 e. The Kier molecular flexibility index (Phi) is 6.70. The molecule has 4 nitrogen and oxygen atoms in total. The normalized spacial score (nSPS) is 18.4. The maximum absolute atomic E-state index is 12.6. The van der Waals surface area contributed by atoms with Crippen LogP contribution in [0.2, 0.25) is 4.34 Å². The molecule has 0 radical (unpaired) electrons. The first-order valence-corrected chi connectivity index (χ1v) is 10.3. The number of halogens is 1. The third kappa shape index (κ3) is 5.07. The van der Waals surface area contributed by atoms with Gasteiger partial charge in [0.15, 0.2) is 0 Å². The molecule has 1 saturated heterocycles. The zero-order chi connectivity index (χ0) is 18.5. The van der Waals surface area contributed by atoms with Gasteiger partial charge >= 0.3 is 0 Å². The second-order valence-corrected chi connectivity index (χ2v) is 8.63. The zero-order valence-electron chi connectivity index (χ0n) is 15.3. The molecule has 3 rings (SSSR count). The standard InChI is InChI=1S/C20H26ClN3OS/c1-15(17-6-4-3-5-7-17)22-20(25)16(2)24-12-10-23(11-13-24)14-18-8-9-19(21)26-18/h3-9,15-16H,10-14H2,1-2H3,(H,22,25). The summed E-state index contributed by atoms with van der Waals surface area (Å²) in [5.74, 6) is 0.0971. The molecule has 1 aromatic heterocycles. The van der Waals surface area contributed by atoms with Gasteiger partial charge in [-0.25, -0.2) is 0 Å². The van der Waals surface area contributed by atoms with Crippen molar-refractivity contribution in [2.24, 2.45) is 0 Å². The number of carbonyl (C=O) groups is 1. The second-order valence-electron chi connectivity index (χ2n) is 6.83. The number of rotatable bonds is 6. The van der Waals surface area contributed by atoms with Crippen LogP contribution in [0.25, 0.3) is 0 Å². The van der Waals surface area contributed by atoms with Crippen LogP contribution in [0, 0.1) is 0 Å². The summed E-state index contributed by atoms with van der Waals surface area (Å²) in [5.41, 5.74) is 1.13. The van der Waals surface area contributed by atoms with Gasteiger partial charge < -0.3 is 5.32 Å². The summed E-state index contributed by atoms with van der Waals surface area (Å²) < 4.78 is 0.844. The lowest BCUT2D eigenvalue weighted by atomic mass is 10.1. The molecule has 1 amide bonds. The average molecular weight is 392 g/mol. The maximum Gasteiger partial charge on any atom is 0.237 e. The van der Waals surface area contributed by atoms with Crippen molar-refractivity contribution >= 4 is 28.8 Å². The monoisotopic (exact) mass is 391 g/mol. The molecule has 0 saturated carbocycles. The number of nitrogens with one attached hydrogen (secondary N) is 1. The van der Waals surface area contributed by atoms with Gasteiger partial charge in [0.05, 0.1) is 16.4 Å². The molecule has 1 fully saturated rings. The number of carbonyl (C=O) groups excluding carboxylic acids is 1. The SMILES string of the molecule is CC(NC(=O)C(C)N1CCN(Cc2ccc(Cl)s2)CC1)c1ccccc1. The largest absolute Gasteiger partial charge is 0.348 e. The minimum atomic E-state index is -0.112. The number of benzene rings is 1. The van der Waals surface area contributed by atoms with Crippen LogP contribution < -0.4 is 5.32 Å². The van der Waals surface area contributed by atoms with Crippen molar-refractivity contribution < 1.29 is 4.79 Å². The third-order valence-electron chi connectivity index (χ3n) is 5.00. The highest BCUT2D eigenvalue weighted by Crippen LogP contribution is 2.23. The van der Waals surface area contributed by atoms with Gasteiger partial charge in [0.1, 0.15) is 0 Å². The maximum atomic E-state index is 12.6. The van der Waals surface area contributed by atoms with Crippen molar-refractivity contribution in [3.8, 4) is 0 Å². The van der Waals surface area contributed by atoms with E-state index in [1.807, 2.05) is 50.2 Å². The van der Waals surface area contributed by atoms with Crippen LogP contribution in [0.1, 0.15) is 30.3 Å². The summed E-state index contributed by atoms with van der Waals surface area (Å²) in [4.78, 5) is 18.6. The topological polar surface area (TPSA) is 35.6 Å². The highest BCUT2D eigenvalue weighted by atomic mass is 35.5. The zero-order valence-corrected chi connectivity index (χ0v) is 16.9. The van der Waals surface area contributed by atoms with Crippen LogP contribution in [-0.4, -0.2) is 47.9 Å². The molecule has 140 valence electrons. The van der Waals surface area contributed by atoms with Crippen LogP contribution in [0.5, 0.6) is 0 Å². The Hall–Kier alpha value is -1.40. The number of thiophene rings is 1. The van der Waals surface area contributed by atoms with Crippen molar-refractivity contribution in [2.75, 3.05) is 26.2 Å². The van der Waals surface area contributed by atoms with Crippen LogP contribution in [0.15, 0.2) is 42.5 Å². The van der Waals surface area contributed by atoms with E-state index in [0.29, 0.717) is 0 Å². The minimum absolute atomic E-state index is 0.0241. The molecule has 0 bridgehead atoms. The van der Waals surface area contributed by atoms with Crippen molar-refractivity contribution in [1.82, 2.24) is 15.1 Å². The Labute approximate surface area is 164 Å². The Morgan fingerprint density at radius 3 is 2.42 bits per heavy atom. The molecule has 0 aliphatic carbocycles. The third-order valence-corrected chi connectivity index (χ3v) is 6.22. The van der Waals surface area contributed by atoms with E-state index in [-0.39, 0.29) is 18.0 Å². The van der Waals surface area contributed by atoms with E-state index in [1.54, 1.807) is 11.3 Å². The van der Waals surface area contributed by atoms with E-state index in [4.69, 9.17) is 11.6 Å². The molecular weight excluding hydrogens is 366 g/mol. The van der Waals surface area contributed by atoms with Crippen LogP contribution in [0.4, 0.5) is 0 Å². The lowest BCUT2D eigenvalue weighted by Crippen LogP contribution is -2.53. The lowest BCUT2D eigenvalue weighted by Gasteiger charge is -2.37. The van der Waals surface area contributed by atoms with Crippen molar-refractivity contribution in [3.63, 3.8) is 0 Å². The van der Waals surface area contributed by atoms with E-state index in [2.05, 4.69) is 21.2 Å². The predicted octanol–water partition coefficient (Wildman–Crippen LogP) is 3.79. The number of piperazine rings is 1. The first kappa shape index (κ1) is 19.4. The molecule has 6 heteroatoms. The van der Waals surface area contributed by atoms with E-state index in [0.717, 1.165) is 42.6 Å². The van der Waals surface area contributed by atoms with Crippen LogP contribution >= 0.6 is 22.9 Å². The van der Waals surface area contributed by atoms with Gasteiger partial charge in [0.2, 0.25) is 5.91 Å². The molecular formula is C20H26ClN3OS. The Balaban J connectivity index is 1.46. The summed E-state index contributed by atoms with van der Waals surface area (Å²) in [7, 11) is 0. The van der Waals surface area contributed by atoms with E-state index >= 15 is 0 Å². The highest BCUT2D eigenvalue weighted by molar-refractivity contribution is 7.16. The first-order chi connectivity index (χ1) is 12.5. The molecule has 2 heterocycles. The number of nitrogens with zero attached hydrogens (tertiary/aromatic N) is 2. The fraction of sp³-hybridized carbons (Fsp3) is 0.450. The summed E-state index contributed by atoms with van der Waals surface area (Å²) in [6, 6.07) is 14.1. The number of hydrogen-bond donors (Lipinski definition) is 1. The van der Waals surface area contributed by atoms with Gasteiger partial charge in [-0.15, -0.1) is 11.3 Å². The Bertz CT molecular complexity index is 713. The van der Waals surface area contributed by atoms with E-state index in [1.165, 1.54) is 4.88 Å². The van der Waals surface area contributed by atoms with Crippen LogP contribution in [-0.2, 0) is 11.3 Å². The Morgan fingerprint density at radius 1 is 1.12 bits per heavy atom. The van der Waals surface area contributed by atoms with Gasteiger partial charge in [0.25, 0.3) is 0 Å². The molecule has 1 aliphatic rings. The minimum Gasteiger partial charge on any atom is -0.348 e. The Morgan fingerprint density at radius 2 is 1.81 bits per heavy atom. The van der Waals surface area contributed by atoms with Crippen molar-refractivity contribution in [3.05, 3.63) is 57.2 Å². The fourth-order valence-electron chi connectivity index (χ4n) is 3.29. The molecule has 2 atom stereocenters. The molecule has 1 aliphatic heterocycles. The molecule has 2 aromatic rings. The molecule has 0 spiro atoms. The highest BCUT2D eigenvalue weighted by Gasteiger charge is 2.26. The molecule has 2 unspecified atom stereocenters. The van der Waals surface area contributed by atoms with Gasteiger partial charge in [0, 0.05) is 37.6 Å². The fourth-order valence-corrected chi connectivity index (χ4v) is 4.42. The quantitative estimate of drug-likeness (QED) is 0.813. The summed E-state index contributed by atoms with van der Waals surface area (Å²) in [6.07, 6.45) is 0. The number of amides is 1. The summed E-state index contributed by atoms with van der Waals surface area (Å²) in [6.45, 7) is 8.74. The van der Waals surface area contributed by atoms with Gasteiger partial charge in [-0.05, 0) is 31.5 Å². The van der Waals surface area contributed by atoms with Crippen LogP contribution in [0.3, 0.4) is 0 Å². The summed E-state index contributed by atoms with van der Waals surface area (Å²) in [5, 5.41) is 3.14. The number of hydrogen-bond acceptors (Lipinski definition) is 4. The summed E-state index contributed by atoms with van der Waals surface area (Å²) >= 11 is 7.65. The van der Waals surface area contributed by atoms with Gasteiger partial charge in [-0.2, -0.15) is 0 Å². The van der Waals surface area contributed by atoms with Gasteiger partial charge in [-0.1, -0.05) is 41.9 Å². The molecule has 1 N–H and O–H groups in total. The second kappa shape index (κ2) is 9.00.